The second-order valence-corrected chi connectivity index (χ2v) is 9.24. The molecule has 0 radical (unpaired) electrons. The summed E-state index contributed by atoms with van der Waals surface area (Å²) in [4.78, 5) is 27.3. The lowest BCUT2D eigenvalue weighted by atomic mass is 9.97. The van der Waals surface area contributed by atoms with E-state index in [4.69, 9.17) is 16.7 Å². The molecule has 4 aromatic rings. The smallest absolute Gasteiger partial charge is 0.232 e. The second kappa shape index (κ2) is 8.61. The maximum absolute atomic E-state index is 13.5. The molecule has 8 nitrogen and oxygen atoms in total. The molecule has 1 aromatic carbocycles. The van der Waals surface area contributed by atoms with E-state index in [0.717, 1.165) is 39.2 Å². The quantitative estimate of drug-likeness (QED) is 0.454. The van der Waals surface area contributed by atoms with Gasteiger partial charge in [0.2, 0.25) is 5.91 Å². The fraction of sp³-hybridized carbons (Fsp3) is 0.333. The van der Waals surface area contributed by atoms with Crippen LogP contribution in [0.2, 0.25) is 5.02 Å². The van der Waals surface area contributed by atoms with Gasteiger partial charge in [0.25, 0.3) is 0 Å². The number of carbonyl (C=O) groups excluding carboxylic acids is 1. The zero-order valence-electron chi connectivity index (χ0n) is 18.8. The highest BCUT2D eigenvalue weighted by Crippen LogP contribution is 2.29. The third kappa shape index (κ3) is 4.12. The highest BCUT2D eigenvalue weighted by atomic mass is 35.5. The van der Waals surface area contributed by atoms with E-state index in [2.05, 4.69) is 34.1 Å². The molecule has 3 aromatic heterocycles. The highest BCUT2D eigenvalue weighted by Gasteiger charge is 2.32. The fourth-order valence-corrected chi connectivity index (χ4v) is 4.43. The van der Waals surface area contributed by atoms with Crippen molar-refractivity contribution in [3.05, 3.63) is 70.4 Å². The number of H-pyrrole nitrogens is 1. The maximum Gasteiger partial charge on any atom is 0.232 e. The van der Waals surface area contributed by atoms with E-state index >= 15 is 0 Å². The van der Waals surface area contributed by atoms with Gasteiger partial charge >= 0.3 is 0 Å². The number of aromatic amines is 1. The first-order valence-electron chi connectivity index (χ1n) is 11.0. The number of aromatic nitrogens is 5. The van der Waals surface area contributed by atoms with E-state index in [-0.39, 0.29) is 17.9 Å². The zero-order valence-corrected chi connectivity index (χ0v) is 19.6. The molecule has 0 spiro atoms. The van der Waals surface area contributed by atoms with Crippen molar-refractivity contribution < 1.29 is 4.79 Å². The van der Waals surface area contributed by atoms with Crippen molar-refractivity contribution in [2.75, 3.05) is 6.54 Å². The Morgan fingerprint density at radius 2 is 2.00 bits per heavy atom. The van der Waals surface area contributed by atoms with Gasteiger partial charge in [-0.1, -0.05) is 37.6 Å². The molecule has 4 heterocycles. The Bertz CT molecular complexity index is 1280. The van der Waals surface area contributed by atoms with Crippen molar-refractivity contribution in [1.29, 1.82) is 0 Å². The molecule has 1 unspecified atom stereocenters. The third-order valence-corrected chi connectivity index (χ3v) is 6.31. The summed E-state index contributed by atoms with van der Waals surface area (Å²) in [6, 6.07) is 7.82. The van der Waals surface area contributed by atoms with Gasteiger partial charge in [-0.25, -0.2) is 14.6 Å². The van der Waals surface area contributed by atoms with E-state index in [1.54, 1.807) is 4.68 Å². The normalized spacial score (nSPS) is 14.3. The molecule has 1 aliphatic heterocycles. The van der Waals surface area contributed by atoms with Gasteiger partial charge in [-0.3, -0.25) is 4.79 Å². The molecule has 2 N–H and O–H groups in total. The van der Waals surface area contributed by atoms with Crippen molar-refractivity contribution in [3.63, 3.8) is 0 Å². The van der Waals surface area contributed by atoms with E-state index in [1.807, 2.05) is 48.5 Å². The van der Waals surface area contributed by atoms with Gasteiger partial charge in [0, 0.05) is 42.1 Å². The average molecular weight is 464 g/mol. The van der Waals surface area contributed by atoms with Crippen molar-refractivity contribution in [2.45, 2.75) is 45.8 Å². The number of rotatable bonds is 6. The molecule has 33 heavy (non-hydrogen) atoms. The van der Waals surface area contributed by atoms with Crippen LogP contribution in [0.5, 0.6) is 0 Å². The van der Waals surface area contributed by atoms with Crippen LogP contribution in [-0.2, 0) is 17.9 Å². The molecule has 9 heteroatoms. The predicted octanol–water partition coefficient (Wildman–Crippen LogP) is 3.73. The lowest BCUT2D eigenvalue weighted by molar-refractivity contribution is -0.133. The third-order valence-electron chi connectivity index (χ3n) is 6.06. The Kier molecular flexibility index (Phi) is 5.64. The minimum atomic E-state index is -0.287. The SMILES string of the molecule is Cc1c[nH]c2ncnc(-n3cc4c(n3)CN(C(=O)C(CNC(C)C)c3ccc(Cl)cc3)C4)c12. The number of aryl methyl sites for hydroxylation is 1. The lowest BCUT2D eigenvalue weighted by Crippen LogP contribution is -2.38. The first-order valence-corrected chi connectivity index (χ1v) is 11.4. The minimum Gasteiger partial charge on any atom is -0.346 e. The standard InChI is InChI=1S/C24H26ClN7O/c1-14(2)26-9-19(16-4-6-18(25)7-5-16)24(33)31-10-17-11-32(30-20(17)12-31)23-21-15(3)8-27-22(21)28-13-29-23/h4-8,11,13-14,19,26H,9-10,12H2,1-3H3,(H,27,28,29). The van der Waals surface area contributed by atoms with Crippen LogP contribution >= 0.6 is 11.6 Å². The van der Waals surface area contributed by atoms with Gasteiger partial charge in [-0.05, 0) is 30.2 Å². The number of halogens is 1. The minimum absolute atomic E-state index is 0.0842. The predicted molar refractivity (Wildman–Crippen MR) is 127 cm³/mol. The molecule has 0 saturated heterocycles. The molecule has 0 saturated carbocycles. The molecule has 1 aliphatic rings. The van der Waals surface area contributed by atoms with Gasteiger partial charge < -0.3 is 15.2 Å². The van der Waals surface area contributed by atoms with E-state index in [9.17, 15) is 4.79 Å². The molecule has 1 atom stereocenters. The van der Waals surface area contributed by atoms with Crippen LogP contribution in [0.4, 0.5) is 0 Å². The summed E-state index contributed by atoms with van der Waals surface area (Å²) in [6.45, 7) is 7.75. The van der Waals surface area contributed by atoms with Crippen LogP contribution in [0.25, 0.3) is 16.9 Å². The lowest BCUT2D eigenvalue weighted by Gasteiger charge is -2.25. The van der Waals surface area contributed by atoms with Gasteiger partial charge in [0.05, 0.1) is 23.5 Å². The highest BCUT2D eigenvalue weighted by molar-refractivity contribution is 6.30. The molecule has 1 amide bonds. The Morgan fingerprint density at radius 3 is 2.73 bits per heavy atom. The average Bonchev–Trinajstić information content (AvgIpc) is 3.48. The first kappa shape index (κ1) is 21.6. The molecule has 170 valence electrons. The second-order valence-electron chi connectivity index (χ2n) is 8.80. The Morgan fingerprint density at radius 1 is 1.21 bits per heavy atom. The number of nitrogens with zero attached hydrogens (tertiary/aromatic N) is 5. The number of amides is 1. The number of benzene rings is 1. The van der Waals surface area contributed by atoms with Crippen molar-refractivity contribution in [2.24, 2.45) is 0 Å². The molecule has 5 rings (SSSR count). The summed E-state index contributed by atoms with van der Waals surface area (Å²) in [5.74, 6) is 0.539. The number of hydrogen-bond acceptors (Lipinski definition) is 5. The number of hydrogen-bond donors (Lipinski definition) is 2. The first-order chi connectivity index (χ1) is 15.9. The molecular weight excluding hydrogens is 438 g/mol. The van der Waals surface area contributed by atoms with Crippen molar-refractivity contribution in [1.82, 2.24) is 34.9 Å². The summed E-state index contributed by atoms with van der Waals surface area (Å²) in [5.41, 5.74) is 4.74. The van der Waals surface area contributed by atoms with Crippen molar-refractivity contribution in [3.8, 4) is 5.82 Å². The Hall–Kier alpha value is -3.23. The van der Waals surface area contributed by atoms with Crippen LogP contribution in [-0.4, -0.2) is 48.1 Å². The van der Waals surface area contributed by atoms with Crippen LogP contribution in [0.3, 0.4) is 0 Å². The van der Waals surface area contributed by atoms with Gasteiger partial charge in [0.1, 0.15) is 12.0 Å². The summed E-state index contributed by atoms with van der Waals surface area (Å²) in [5, 5.41) is 9.79. The van der Waals surface area contributed by atoms with Crippen LogP contribution in [0.1, 0.15) is 42.1 Å². The Labute approximate surface area is 197 Å². The van der Waals surface area contributed by atoms with Crippen molar-refractivity contribution >= 4 is 28.5 Å². The van der Waals surface area contributed by atoms with Crippen LogP contribution in [0, 0.1) is 6.92 Å². The number of nitrogens with one attached hydrogen (secondary N) is 2. The fourth-order valence-electron chi connectivity index (χ4n) is 4.31. The van der Waals surface area contributed by atoms with Crippen LogP contribution < -0.4 is 5.32 Å². The zero-order chi connectivity index (χ0) is 23.1. The van der Waals surface area contributed by atoms with E-state index in [0.29, 0.717) is 24.7 Å². The molecule has 0 fully saturated rings. The van der Waals surface area contributed by atoms with Gasteiger partial charge in [-0.15, -0.1) is 0 Å². The number of carbonyl (C=O) groups is 1. The van der Waals surface area contributed by atoms with Gasteiger partial charge in [0.15, 0.2) is 5.82 Å². The summed E-state index contributed by atoms with van der Waals surface area (Å²) >= 11 is 6.07. The number of fused-ring (bicyclic) bond motifs is 2. The van der Waals surface area contributed by atoms with Gasteiger partial charge in [-0.2, -0.15) is 5.10 Å². The summed E-state index contributed by atoms with van der Waals surface area (Å²) in [6.07, 6.45) is 5.43. The largest absolute Gasteiger partial charge is 0.346 e. The maximum atomic E-state index is 13.5. The van der Waals surface area contributed by atoms with E-state index < -0.39 is 0 Å². The molecule has 0 bridgehead atoms. The van der Waals surface area contributed by atoms with Crippen LogP contribution in [0.15, 0.2) is 43.0 Å². The Balaban J connectivity index is 1.38. The topological polar surface area (TPSA) is 91.7 Å². The van der Waals surface area contributed by atoms with E-state index in [1.165, 1.54) is 6.33 Å². The molecule has 0 aliphatic carbocycles. The molecular formula is C24H26ClN7O. The summed E-state index contributed by atoms with van der Waals surface area (Å²) in [7, 11) is 0. The monoisotopic (exact) mass is 463 g/mol. The summed E-state index contributed by atoms with van der Waals surface area (Å²) < 4.78 is 1.80.